The van der Waals surface area contributed by atoms with E-state index in [2.05, 4.69) is 4.98 Å². The van der Waals surface area contributed by atoms with Gasteiger partial charge < -0.3 is 9.47 Å². The largest absolute Gasteiger partial charge is 0.503 e. The van der Waals surface area contributed by atoms with Gasteiger partial charge in [-0.1, -0.05) is 24.3 Å². The molecule has 0 atom stereocenters. The summed E-state index contributed by atoms with van der Waals surface area (Å²) < 4.78 is 11.2. The second-order valence-corrected chi connectivity index (χ2v) is 4.46. The summed E-state index contributed by atoms with van der Waals surface area (Å²) in [5, 5.41) is 0. The van der Waals surface area contributed by atoms with E-state index in [1.54, 1.807) is 12.1 Å². The lowest BCUT2D eigenvalue weighted by atomic mass is 10.0. The Morgan fingerprint density at radius 3 is 2.73 bits per heavy atom. The van der Waals surface area contributed by atoms with Crippen LogP contribution in [0.25, 0.3) is 5.57 Å². The van der Waals surface area contributed by atoms with Crippen LogP contribution < -0.4 is 5.56 Å². The van der Waals surface area contributed by atoms with E-state index in [0.29, 0.717) is 12.1 Å². The van der Waals surface area contributed by atoms with Gasteiger partial charge in [-0.05, 0) is 11.1 Å². The highest BCUT2D eigenvalue weighted by atomic mass is 16.5. The number of methoxy groups -OCH3 is 2. The molecule has 1 aromatic heterocycles. The summed E-state index contributed by atoms with van der Waals surface area (Å²) in [7, 11) is 2.76. The number of hydrogen-bond donors (Lipinski definition) is 0. The Morgan fingerprint density at radius 1 is 1.27 bits per heavy atom. The monoisotopic (exact) mass is 300 g/mol. The van der Waals surface area contributed by atoms with Crippen molar-refractivity contribution in [2.24, 2.45) is 0 Å². The number of benzene rings is 1. The Labute approximate surface area is 127 Å². The minimum absolute atomic E-state index is 0.167. The van der Waals surface area contributed by atoms with Gasteiger partial charge >= 0.3 is 5.97 Å². The summed E-state index contributed by atoms with van der Waals surface area (Å²) in [5.41, 5.74) is 1.55. The van der Waals surface area contributed by atoms with Gasteiger partial charge in [-0.3, -0.25) is 9.36 Å². The molecule has 2 rings (SSSR count). The predicted molar refractivity (Wildman–Crippen MR) is 81.0 cm³/mol. The number of carbonyl (C=O) groups excluding carboxylic acids is 1. The molecule has 0 aliphatic rings. The van der Waals surface area contributed by atoms with Gasteiger partial charge in [0, 0.05) is 12.3 Å². The summed E-state index contributed by atoms with van der Waals surface area (Å²) in [6.07, 6.45) is 4.23. The molecule has 6 heteroatoms. The third-order valence-corrected chi connectivity index (χ3v) is 3.08. The molecule has 0 amide bonds. The van der Waals surface area contributed by atoms with Crippen molar-refractivity contribution in [1.82, 2.24) is 9.55 Å². The number of nitrogens with zero attached hydrogens (tertiary/aromatic N) is 2. The lowest BCUT2D eigenvalue weighted by Crippen LogP contribution is -2.20. The summed E-state index contributed by atoms with van der Waals surface area (Å²) in [6, 6.07) is 8.63. The van der Waals surface area contributed by atoms with E-state index in [9.17, 15) is 9.59 Å². The van der Waals surface area contributed by atoms with Gasteiger partial charge in [0.15, 0.2) is 0 Å². The zero-order valence-corrected chi connectivity index (χ0v) is 12.4. The smallest absolute Gasteiger partial charge is 0.341 e. The molecule has 0 saturated heterocycles. The highest BCUT2D eigenvalue weighted by molar-refractivity contribution is 6.16. The van der Waals surface area contributed by atoms with E-state index in [1.807, 2.05) is 12.1 Å². The molecule has 0 radical (unpaired) electrons. The van der Waals surface area contributed by atoms with Gasteiger partial charge in [-0.25, -0.2) is 9.78 Å². The van der Waals surface area contributed by atoms with E-state index >= 15 is 0 Å². The minimum Gasteiger partial charge on any atom is -0.503 e. The average Bonchev–Trinajstić information content (AvgIpc) is 2.55. The van der Waals surface area contributed by atoms with Crippen LogP contribution >= 0.6 is 0 Å². The van der Waals surface area contributed by atoms with Gasteiger partial charge in [-0.2, -0.15) is 0 Å². The molecule has 6 nitrogen and oxygen atoms in total. The molecule has 22 heavy (non-hydrogen) atoms. The third kappa shape index (κ3) is 3.41. The van der Waals surface area contributed by atoms with Crippen molar-refractivity contribution < 1.29 is 14.3 Å². The molecule has 0 N–H and O–H groups in total. The van der Waals surface area contributed by atoms with Gasteiger partial charge in [0.25, 0.3) is 5.56 Å². The zero-order chi connectivity index (χ0) is 15.9. The Kier molecular flexibility index (Phi) is 5.08. The topological polar surface area (TPSA) is 70.4 Å². The standard InChI is InChI=1S/C16H16N2O4/c1-21-10-14(16(20)22-2)13-6-4-3-5-12(13)9-18-11-17-8-7-15(18)19/h3-8,10-11H,9H2,1-2H3. The van der Waals surface area contributed by atoms with Crippen LogP contribution in [-0.4, -0.2) is 29.7 Å². The Bertz CT molecular complexity index is 750. The normalized spacial score (nSPS) is 11.1. The van der Waals surface area contributed by atoms with E-state index in [1.165, 1.54) is 43.6 Å². The molecule has 0 bridgehead atoms. The van der Waals surface area contributed by atoms with Crippen LogP contribution in [-0.2, 0) is 20.8 Å². The minimum atomic E-state index is -0.507. The third-order valence-electron chi connectivity index (χ3n) is 3.08. The number of aromatic nitrogens is 2. The zero-order valence-electron chi connectivity index (χ0n) is 12.4. The van der Waals surface area contributed by atoms with Crippen LogP contribution in [0.5, 0.6) is 0 Å². The molecule has 0 unspecified atom stereocenters. The SMILES string of the molecule is COC=C(C(=O)OC)c1ccccc1Cn1cnccc1=O. The molecular weight excluding hydrogens is 284 g/mol. The van der Waals surface area contributed by atoms with Gasteiger partial charge in [0.1, 0.15) is 5.57 Å². The molecule has 1 aromatic carbocycles. The number of carbonyl (C=O) groups is 1. The number of rotatable bonds is 5. The number of hydrogen-bond acceptors (Lipinski definition) is 5. The van der Waals surface area contributed by atoms with E-state index in [0.717, 1.165) is 5.56 Å². The van der Waals surface area contributed by atoms with Gasteiger partial charge in [0.05, 0.1) is 33.4 Å². The highest BCUT2D eigenvalue weighted by Crippen LogP contribution is 2.21. The van der Waals surface area contributed by atoms with Crippen molar-refractivity contribution in [3.05, 3.63) is 70.6 Å². The first-order valence-corrected chi connectivity index (χ1v) is 6.57. The van der Waals surface area contributed by atoms with Crippen LogP contribution in [0.3, 0.4) is 0 Å². The second kappa shape index (κ2) is 7.21. The molecular formula is C16H16N2O4. The molecule has 0 aliphatic carbocycles. The van der Waals surface area contributed by atoms with Crippen molar-refractivity contribution in [2.75, 3.05) is 14.2 Å². The summed E-state index contributed by atoms with van der Waals surface area (Å²) in [4.78, 5) is 27.7. The molecule has 0 saturated carbocycles. The van der Waals surface area contributed by atoms with Crippen LogP contribution in [0.4, 0.5) is 0 Å². The molecule has 0 spiro atoms. The van der Waals surface area contributed by atoms with Crippen LogP contribution in [0.2, 0.25) is 0 Å². The average molecular weight is 300 g/mol. The molecule has 0 aliphatic heterocycles. The van der Waals surface area contributed by atoms with Crippen molar-refractivity contribution in [2.45, 2.75) is 6.54 Å². The van der Waals surface area contributed by atoms with Crippen molar-refractivity contribution >= 4 is 11.5 Å². The number of ether oxygens (including phenoxy) is 2. The lowest BCUT2D eigenvalue weighted by molar-refractivity contribution is -0.133. The van der Waals surface area contributed by atoms with Crippen LogP contribution in [0.15, 0.2) is 53.9 Å². The maximum absolute atomic E-state index is 11.9. The first kappa shape index (κ1) is 15.5. The van der Waals surface area contributed by atoms with Crippen molar-refractivity contribution in [3.8, 4) is 0 Å². The van der Waals surface area contributed by atoms with Crippen molar-refractivity contribution in [3.63, 3.8) is 0 Å². The van der Waals surface area contributed by atoms with Gasteiger partial charge in [-0.15, -0.1) is 0 Å². The Hall–Kier alpha value is -2.89. The Morgan fingerprint density at radius 2 is 2.05 bits per heavy atom. The lowest BCUT2D eigenvalue weighted by Gasteiger charge is -2.12. The van der Waals surface area contributed by atoms with E-state index in [4.69, 9.17) is 9.47 Å². The van der Waals surface area contributed by atoms with Crippen LogP contribution in [0.1, 0.15) is 11.1 Å². The first-order chi connectivity index (χ1) is 10.7. The molecule has 1 heterocycles. The quantitative estimate of drug-likeness (QED) is 0.475. The summed E-state index contributed by atoms with van der Waals surface area (Å²) in [5.74, 6) is -0.507. The summed E-state index contributed by atoms with van der Waals surface area (Å²) >= 11 is 0. The first-order valence-electron chi connectivity index (χ1n) is 6.57. The maximum atomic E-state index is 11.9. The fraction of sp³-hybridized carbons (Fsp3) is 0.188. The molecule has 2 aromatic rings. The van der Waals surface area contributed by atoms with E-state index in [-0.39, 0.29) is 11.1 Å². The van der Waals surface area contributed by atoms with Crippen LogP contribution in [0, 0.1) is 0 Å². The van der Waals surface area contributed by atoms with E-state index < -0.39 is 5.97 Å². The molecule has 0 fully saturated rings. The predicted octanol–water partition coefficient (Wildman–Crippen LogP) is 1.45. The fourth-order valence-corrected chi connectivity index (χ4v) is 2.05. The second-order valence-electron chi connectivity index (χ2n) is 4.46. The van der Waals surface area contributed by atoms with Gasteiger partial charge in [0.2, 0.25) is 0 Å². The number of esters is 1. The highest BCUT2D eigenvalue weighted by Gasteiger charge is 2.16. The maximum Gasteiger partial charge on any atom is 0.341 e. The molecule has 114 valence electrons. The fourth-order valence-electron chi connectivity index (χ4n) is 2.05. The van der Waals surface area contributed by atoms with Crippen molar-refractivity contribution in [1.29, 1.82) is 0 Å². The Balaban J connectivity index is 2.46. The summed E-state index contributed by atoms with van der Waals surface area (Å²) in [6.45, 7) is 0.293.